The van der Waals surface area contributed by atoms with Crippen LogP contribution in [0.25, 0.3) is 0 Å². The van der Waals surface area contributed by atoms with Crippen molar-refractivity contribution in [3.8, 4) is 5.75 Å². The third-order valence-electron chi connectivity index (χ3n) is 5.06. The maximum atomic E-state index is 12.9. The number of methoxy groups -OCH3 is 1. The van der Waals surface area contributed by atoms with Crippen LogP contribution in [0.5, 0.6) is 5.75 Å². The van der Waals surface area contributed by atoms with Crippen molar-refractivity contribution in [2.45, 2.75) is 32.0 Å². The van der Waals surface area contributed by atoms with Crippen LogP contribution in [0, 0.1) is 0 Å². The van der Waals surface area contributed by atoms with Crippen LogP contribution >= 0.6 is 0 Å². The van der Waals surface area contributed by atoms with Crippen molar-refractivity contribution in [3.63, 3.8) is 0 Å². The Morgan fingerprint density at radius 1 is 1.21 bits per heavy atom. The lowest BCUT2D eigenvalue weighted by molar-refractivity contribution is 0.199. The van der Waals surface area contributed by atoms with E-state index in [4.69, 9.17) is 4.74 Å². The number of amides is 2. The molecule has 1 unspecified atom stereocenters. The molecule has 1 aromatic carbocycles. The third-order valence-corrected chi connectivity index (χ3v) is 5.06. The lowest BCUT2D eigenvalue weighted by Gasteiger charge is -2.25. The summed E-state index contributed by atoms with van der Waals surface area (Å²) >= 11 is 0. The van der Waals surface area contributed by atoms with Gasteiger partial charge in [0.1, 0.15) is 11.6 Å². The van der Waals surface area contributed by atoms with Crippen molar-refractivity contribution in [2.75, 3.05) is 19.0 Å². The first-order chi connectivity index (χ1) is 13.7. The number of likely N-dealkylation sites (tertiary alicyclic amines) is 1. The Labute approximate surface area is 163 Å². The Hall–Kier alpha value is -3.29. The summed E-state index contributed by atoms with van der Waals surface area (Å²) in [5.74, 6) is 1.47. The Morgan fingerprint density at radius 2 is 2.11 bits per heavy atom. The highest BCUT2D eigenvalue weighted by Crippen LogP contribution is 2.22. The van der Waals surface area contributed by atoms with E-state index in [0.717, 1.165) is 30.7 Å². The molecule has 1 aliphatic rings. The van der Waals surface area contributed by atoms with Crippen LogP contribution in [-0.2, 0) is 13.1 Å². The number of nitrogens with zero attached hydrogens (tertiary/aromatic N) is 5. The molecule has 3 heterocycles. The second-order valence-corrected chi connectivity index (χ2v) is 6.83. The van der Waals surface area contributed by atoms with E-state index in [9.17, 15) is 4.79 Å². The van der Waals surface area contributed by atoms with Gasteiger partial charge in [-0.2, -0.15) is 10.2 Å². The number of anilines is 1. The van der Waals surface area contributed by atoms with E-state index in [2.05, 4.69) is 15.5 Å². The summed E-state index contributed by atoms with van der Waals surface area (Å²) in [4.78, 5) is 14.8. The summed E-state index contributed by atoms with van der Waals surface area (Å²) in [6.07, 6.45) is 7.36. The molecule has 1 N–H and O–H groups in total. The standard InChI is InChI=1S/C20H24N6O2/c1-28-18-8-3-2-6-16(18)14-26-19(9-11-22-26)23-20(27)25-13-4-7-17(25)15-24-12-5-10-21-24/h2-3,5-6,8-12,17H,4,7,13-15H2,1H3,(H,23,27). The van der Waals surface area contributed by atoms with Gasteiger partial charge in [-0.05, 0) is 25.0 Å². The molecule has 146 valence electrons. The monoisotopic (exact) mass is 380 g/mol. The fraction of sp³-hybridized carbons (Fsp3) is 0.350. The Kier molecular flexibility index (Phi) is 5.27. The van der Waals surface area contributed by atoms with Crippen LogP contribution in [0.1, 0.15) is 18.4 Å². The molecule has 2 aromatic heterocycles. The second-order valence-electron chi connectivity index (χ2n) is 6.83. The van der Waals surface area contributed by atoms with Gasteiger partial charge in [0.2, 0.25) is 0 Å². The van der Waals surface area contributed by atoms with Gasteiger partial charge in [0.05, 0.1) is 32.4 Å². The minimum atomic E-state index is -0.101. The molecule has 0 bridgehead atoms. The molecule has 1 saturated heterocycles. The fourth-order valence-corrected chi connectivity index (χ4v) is 3.66. The SMILES string of the molecule is COc1ccccc1Cn1nccc1NC(=O)N1CCCC1Cn1cccn1. The number of rotatable bonds is 6. The maximum absolute atomic E-state index is 12.9. The van der Waals surface area contributed by atoms with E-state index in [-0.39, 0.29) is 12.1 Å². The number of aromatic nitrogens is 4. The lowest BCUT2D eigenvalue weighted by Crippen LogP contribution is -2.41. The lowest BCUT2D eigenvalue weighted by atomic mass is 10.2. The number of carbonyl (C=O) groups is 1. The number of ether oxygens (including phenoxy) is 1. The first-order valence-electron chi connectivity index (χ1n) is 9.43. The fourth-order valence-electron chi connectivity index (χ4n) is 3.66. The van der Waals surface area contributed by atoms with E-state index < -0.39 is 0 Å². The topological polar surface area (TPSA) is 77.2 Å². The zero-order chi connectivity index (χ0) is 19.3. The summed E-state index contributed by atoms with van der Waals surface area (Å²) in [6, 6.07) is 11.6. The Morgan fingerprint density at radius 3 is 2.93 bits per heavy atom. The van der Waals surface area contributed by atoms with Crippen LogP contribution < -0.4 is 10.1 Å². The van der Waals surface area contributed by atoms with Crippen LogP contribution in [0.3, 0.4) is 0 Å². The normalized spacial score (nSPS) is 16.3. The van der Waals surface area contributed by atoms with Crippen molar-refractivity contribution in [1.82, 2.24) is 24.5 Å². The van der Waals surface area contributed by atoms with Gasteiger partial charge in [0.25, 0.3) is 0 Å². The molecule has 0 spiro atoms. The van der Waals surface area contributed by atoms with Crippen molar-refractivity contribution >= 4 is 11.8 Å². The molecule has 3 aromatic rings. The Balaban J connectivity index is 1.44. The van der Waals surface area contributed by atoms with Gasteiger partial charge in [-0.3, -0.25) is 10.00 Å². The summed E-state index contributed by atoms with van der Waals surface area (Å²) in [6.45, 7) is 1.97. The predicted molar refractivity (Wildman–Crippen MR) is 105 cm³/mol. The molecule has 0 radical (unpaired) electrons. The molecule has 1 atom stereocenters. The van der Waals surface area contributed by atoms with Crippen LogP contribution in [0.4, 0.5) is 10.6 Å². The van der Waals surface area contributed by atoms with Gasteiger partial charge < -0.3 is 9.64 Å². The van der Waals surface area contributed by atoms with Crippen molar-refractivity contribution in [1.29, 1.82) is 0 Å². The summed E-state index contributed by atoms with van der Waals surface area (Å²) in [7, 11) is 1.65. The molecule has 2 amide bonds. The molecule has 0 saturated carbocycles. The average molecular weight is 380 g/mol. The van der Waals surface area contributed by atoms with E-state index in [1.54, 1.807) is 24.2 Å². The number of hydrogen-bond acceptors (Lipinski definition) is 4. The molecule has 28 heavy (non-hydrogen) atoms. The largest absolute Gasteiger partial charge is 0.496 e. The van der Waals surface area contributed by atoms with Gasteiger partial charge in [0, 0.05) is 30.6 Å². The summed E-state index contributed by atoms with van der Waals surface area (Å²) < 4.78 is 9.06. The van der Waals surface area contributed by atoms with Crippen molar-refractivity contribution in [3.05, 3.63) is 60.6 Å². The van der Waals surface area contributed by atoms with Gasteiger partial charge >= 0.3 is 6.03 Å². The highest BCUT2D eigenvalue weighted by Gasteiger charge is 2.29. The van der Waals surface area contributed by atoms with Gasteiger partial charge in [-0.1, -0.05) is 18.2 Å². The van der Waals surface area contributed by atoms with E-state index >= 15 is 0 Å². The van der Waals surface area contributed by atoms with Crippen molar-refractivity contribution in [2.24, 2.45) is 0 Å². The van der Waals surface area contributed by atoms with Crippen molar-refractivity contribution < 1.29 is 9.53 Å². The first kappa shape index (κ1) is 18.1. The molecule has 0 aliphatic carbocycles. The van der Waals surface area contributed by atoms with Crippen LogP contribution in [0.2, 0.25) is 0 Å². The minimum absolute atomic E-state index is 0.101. The number of benzene rings is 1. The molecule has 4 rings (SSSR count). The van der Waals surface area contributed by atoms with Gasteiger partial charge in [-0.25, -0.2) is 9.48 Å². The predicted octanol–water partition coefficient (Wildman–Crippen LogP) is 2.83. The molecular formula is C20H24N6O2. The Bertz CT molecular complexity index is 920. The summed E-state index contributed by atoms with van der Waals surface area (Å²) in [5.41, 5.74) is 1.00. The average Bonchev–Trinajstić information content (AvgIpc) is 3.46. The minimum Gasteiger partial charge on any atom is -0.496 e. The first-order valence-corrected chi connectivity index (χ1v) is 9.43. The van der Waals surface area contributed by atoms with Crippen LogP contribution in [-0.4, -0.2) is 50.2 Å². The molecule has 1 fully saturated rings. The van der Waals surface area contributed by atoms with E-state index in [0.29, 0.717) is 18.9 Å². The third kappa shape index (κ3) is 3.85. The number of carbonyl (C=O) groups excluding carboxylic acids is 1. The number of nitrogens with one attached hydrogen (secondary N) is 1. The second kappa shape index (κ2) is 8.16. The smallest absolute Gasteiger partial charge is 0.323 e. The molecule has 1 aliphatic heterocycles. The number of para-hydroxylation sites is 1. The zero-order valence-electron chi connectivity index (χ0n) is 15.9. The van der Waals surface area contributed by atoms with Gasteiger partial charge in [-0.15, -0.1) is 0 Å². The quantitative estimate of drug-likeness (QED) is 0.713. The maximum Gasteiger partial charge on any atom is 0.323 e. The number of hydrogen-bond donors (Lipinski definition) is 1. The van der Waals surface area contributed by atoms with Gasteiger partial charge in [0.15, 0.2) is 0 Å². The van der Waals surface area contributed by atoms with E-state index in [1.165, 1.54) is 0 Å². The van der Waals surface area contributed by atoms with E-state index in [1.807, 2.05) is 52.2 Å². The molecular weight excluding hydrogens is 356 g/mol. The summed E-state index contributed by atoms with van der Waals surface area (Å²) in [5, 5.41) is 11.6. The molecule has 8 nitrogen and oxygen atoms in total. The highest BCUT2D eigenvalue weighted by molar-refractivity contribution is 5.88. The number of urea groups is 1. The molecule has 8 heteroatoms. The van der Waals surface area contributed by atoms with Crippen LogP contribution in [0.15, 0.2) is 55.0 Å². The zero-order valence-corrected chi connectivity index (χ0v) is 15.9. The highest BCUT2D eigenvalue weighted by atomic mass is 16.5.